The van der Waals surface area contributed by atoms with Gasteiger partial charge in [0.2, 0.25) is 0 Å². The predicted octanol–water partition coefficient (Wildman–Crippen LogP) is 6.60. The van der Waals surface area contributed by atoms with Crippen molar-refractivity contribution in [2.45, 2.75) is 67.4 Å². The Bertz CT molecular complexity index is 654. The molecule has 0 heterocycles. The van der Waals surface area contributed by atoms with Gasteiger partial charge in [0.25, 0.3) is 0 Å². The lowest BCUT2D eigenvalue weighted by Crippen LogP contribution is -2.48. The molecule has 0 amide bonds. The largest absolute Gasteiger partial charge is 0.503 e. The summed E-state index contributed by atoms with van der Waals surface area (Å²) >= 11 is 0. The molecule has 2 rings (SSSR count). The minimum atomic E-state index is -1.83. The summed E-state index contributed by atoms with van der Waals surface area (Å²) in [6.45, 7) is 20.1. The monoisotopic (exact) mass is 480 g/mol. The van der Waals surface area contributed by atoms with E-state index in [9.17, 15) is 0 Å². The Hall–Kier alpha value is -2.80. The van der Waals surface area contributed by atoms with E-state index in [2.05, 4.69) is 123 Å². The van der Waals surface area contributed by atoms with Crippen molar-refractivity contribution in [1.29, 1.82) is 0 Å². The van der Waals surface area contributed by atoms with E-state index in [1.165, 1.54) is 10.4 Å². The summed E-state index contributed by atoms with van der Waals surface area (Å²) in [5.41, 5.74) is 0. The molecule has 188 valence electrons. The molecular weight excluding hydrogens is 436 g/mol. The zero-order chi connectivity index (χ0) is 26.6. The smallest absolute Gasteiger partial charge is 0.450 e. The van der Waals surface area contributed by atoms with Crippen LogP contribution in [-0.4, -0.2) is 41.5 Å². The third-order valence-electron chi connectivity index (χ3n) is 3.13. The van der Waals surface area contributed by atoms with Crippen LogP contribution in [0.2, 0.25) is 5.04 Å². The molecular formula is C26H44O6Si. The first-order chi connectivity index (χ1) is 15.0. The summed E-state index contributed by atoms with van der Waals surface area (Å²) in [5.74, 6) is 1.67. The van der Waals surface area contributed by atoms with Gasteiger partial charge in [-0.25, -0.2) is 9.59 Å². The van der Waals surface area contributed by atoms with Gasteiger partial charge >= 0.3 is 12.3 Å². The van der Waals surface area contributed by atoms with Crippen LogP contribution in [0.25, 0.3) is 0 Å². The van der Waals surface area contributed by atoms with Gasteiger partial charge in [0, 0.05) is 0 Å². The maximum Gasteiger partial charge on any atom is 0.503 e. The van der Waals surface area contributed by atoms with Gasteiger partial charge in [-0.3, -0.25) is 0 Å². The zero-order valence-corrected chi connectivity index (χ0v) is 22.8. The Morgan fingerprint density at radius 1 is 0.606 bits per heavy atom. The topological polar surface area (TPSA) is 115 Å². The third kappa shape index (κ3) is 29.2. The molecule has 0 radical (unpaired) electrons. The lowest BCUT2D eigenvalue weighted by atomic mass is 10.2. The van der Waals surface area contributed by atoms with Crippen molar-refractivity contribution in [3.63, 3.8) is 0 Å². The van der Waals surface area contributed by atoms with Crippen LogP contribution in [0.3, 0.4) is 0 Å². The maximum absolute atomic E-state index is 8.56. The van der Waals surface area contributed by atoms with E-state index in [4.69, 9.17) is 30.0 Å². The van der Waals surface area contributed by atoms with E-state index in [0.29, 0.717) is 5.04 Å². The Morgan fingerprint density at radius 2 is 0.788 bits per heavy atom. The lowest BCUT2D eigenvalue weighted by Gasteiger charge is -2.30. The van der Waals surface area contributed by atoms with Crippen molar-refractivity contribution in [2.24, 2.45) is 11.8 Å². The number of rotatable bonds is 2. The van der Waals surface area contributed by atoms with Crippen molar-refractivity contribution >= 4 is 31.5 Å². The van der Waals surface area contributed by atoms with Gasteiger partial charge in [-0.1, -0.05) is 133 Å². The Kier molecular flexibility index (Phi) is 20.9. The highest BCUT2D eigenvalue weighted by atomic mass is 28.3. The van der Waals surface area contributed by atoms with E-state index < -0.39 is 21.1 Å². The highest BCUT2D eigenvalue weighted by molar-refractivity contribution is 6.87. The van der Waals surface area contributed by atoms with E-state index in [1.807, 2.05) is 0 Å². The summed E-state index contributed by atoms with van der Waals surface area (Å²) in [6, 6.07) is 22.0. The molecule has 0 spiro atoms. The fourth-order valence-corrected chi connectivity index (χ4v) is 6.08. The number of carboxylic acid groups (broad SMARTS) is 4. The SMILES string of the molecule is CC(C)(C)[SiH](c1ccccc1)c1ccccc1.CC(C)C.CC(C)C.O=C(O)O.O=C(O)O. The first kappa shape index (κ1) is 34.8. The quantitative estimate of drug-likeness (QED) is 0.360. The van der Waals surface area contributed by atoms with Crippen LogP contribution < -0.4 is 10.4 Å². The summed E-state index contributed by atoms with van der Waals surface area (Å²) in [7, 11) is -1.14. The fourth-order valence-electron chi connectivity index (χ4n) is 2.48. The molecule has 0 aromatic heterocycles. The van der Waals surface area contributed by atoms with E-state index >= 15 is 0 Å². The summed E-state index contributed by atoms with van der Waals surface area (Å²) in [6.07, 6.45) is -3.67. The van der Waals surface area contributed by atoms with Crippen LogP contribution in [0.1, 0.15) is 62.3 Å². The average molecular weight is 481 g/mol. The minimum Gasteiger partial charge on any atom is -0.450 e. The van der Waals surface area contributed by atoms with E-state index in [0.717, 1.165) is 11.8 Å². The first-order valence-electron chi connectivity index (χ1n) is 11.0. The number of benzene rings is 2. The van der Waals surface area contributed by atoms with Crippen LogP contribution in [0.15, 0.2) is 60.7 Å². The molecule has 0 saturated heterocycles. The van der Waals surface area contributed by atoms with E-state index in [-0.39, 0.29) is 0 Å². The van der Waals surface area contributed by atoms with Gasteiger partial charge in [0.05, 0.1) is 0 Å². The zero-order valence-electron chi connectivity index (χ0n) is 21.6. The molecule has 0 aliphatic carbocycles. The molecule has 2 aromatic carbocycles. The second-order valence-corrected chi connectivity index (χ2v) is 13.6. The van der Waals surface area contributed by atoms with E-state index in [1.54, 1.807) is 0 Å². The molecule has 6 nitrogen and oxygen atoms in total. The summed E-state index contributed by atoms with van der Waals surface area (Å²) < 4.78 is 0. The molecule has 0 atom stereocenters. The number of hydrogen-bond acceptors (Lipinski definition) is 2. The summed E-state index contributed by atoms with van der Waals surface area (Å²) in [4.78, 5) is 17.1. The van der Waals surface area contributed by atoms with Gasteiger partial charge in [-0.05, 0) is 16.9 Å². The molecule has 0 saturated carbocycles. The predicted molar refractivity (Wildman–Crippen MR) is 141 cm³/mol. The van der Waals surface area contributed by atoms with Gasteiger partial charge in [-0.2, -0.15) is 0 Å². The lowest BCUT2D eigenvalue weighted by molar-refractivity contribution is 0.135. The van der Waals surface area contributed by atoms with Gasteiger partial charge < -0.3 is 20.4 Å². The fraction of sp³-hybridized carbons (Fsp3) is 0.462. The molecule has 0 unspecified atom stereocenters. The third-order valence-corrected chi connectivity index (χ3v) is 6.97. The molecule has 7 heteroatoms. The van der Waals surface area contributed by atoms with Crippen LogP contribution in [0.5, 0.6) is 0 Å². The van der Waals surface area contributed by atoms with Crippen molar-refractivity contribution < 1.29 is 30.0 Å². The van der Waals surface area contributed by atoms with Gasteiger partial charge in [0.1, 0.15) is 8.80 Å². The second kappa shape index (κ2) is 19.9. The highest BCUT2D eigenvalue weighted by Crippen LogP contribution is 2.26. The minimum absolute atomic E-state index is 0.364. The molecule has 0 fully saturated rings. The van der Waals surface area contributed by atoms with Crippen LogP contribution in [-0.2, 0) is 0 Å². The number of carbonyl (C=O) groups is 2. The standard InChI is InChI=1S/C16H20Si.2C4H10.2CH2O3/c1-16(2,3)17(14-10-6-4-7-11-14)15-12-8-5-9-13-15;2*1-4(2)3;2*2-1(3)4/h4-13,17H,1-3H3;2*4H,1-3H3;2*(H2,2,3,4). The first-order valence-corrected chi connectivity index (χ1v) is 12.7. The highest BCUT2D eigenvalue weighted by Gasteiger charge is 2.29. The van der Waals surface area contributed by atoms with Crippen LogP contribution in [0, 0.1) is 11.8 Å². The van der Waals surface area contributed by atoms with Crippen molar-refractivity contribution in [2.75, 3.05) is 0 Å². The number of hydrogen-bond donors (Lipinski definition) is 4. The van der Waals surface area contributed by atoms with Gasteiger partial charge in [-0.15, -0.1) is 0 Å². The molecule has 0 bridgehead atoms. The molecule has 0 aliphatic rings. The average Bonchev–Trinajstić information content (AvgIpc) is 2.60. The van der Waals surface area contributed by atoms with Crippen molar-refractivity contribution in [3.05, 3.63) is 60.7 Å². The Balaban J connectivity index is -0.000000462. The molecule has 4 N–H and O–H groups in total. The van der Waals surface area contributed by atoms with Crippen molar-refractivity contribution in [3.8, 4) is 0 Å². The van der Waals surface area contributed by atoms with Gasteiger partial charge in [0.15, 0.2) is 0 Å². The normalized spacial score (nSPS) is 9.70. The second-order valence-electron chi connectivity index (χ2n) is 9.65. The molecule has 2 aromatic rings. The summed E-state index contributed by atoms with van der Waals surface area (Å²) in [5, 5.41) is 31.3. The van der Waals surface area contributed by atoms with Crippen LogP contribution in [0.4, 0.5) is 9.59 Å². The molecule has 33 heavy (non-hydrogen) atoms. The maximum atomic E-state index is 8.56. The van der Waals surface area contributed by atoms with Crippen LogP contribution >= 0.6 is 0 Å². The Morgan fingerprint density at radius 3 is 0.939 bits per heavy atom. The van der Waals surface area contributed by atoms with Crippen molar-refractivity contribution in [1.82, 2.24) is 0 Å². The Labute approximate surface area is 201 Å². The molecule has 0 aliphatic heterocycles.